The van der Waals surface area contributed by atoms with E-state index >= 15 is 0 Å². The van der Waals surface area contributed by atoms with E-state index in [0.29, 0.717) is 10.9 Å². The first-order valence-electron chi connectivity index (χ1n) is 6.03. The number of halogens is 1. The van der Waals surface area contributed by atoms with E-state index < -0.39 is 0 Å². The highest BCUT2D eigenvalue weighted by molar-refractivity contribution is 6.35. The van der Waals surface area contributed by atoms with E-state index in [1.807, 2.05) is 26.0 Å². The van der Waals surface area contributed by atoms with Crippen molar-refractivity contribution in [1.82, 2.24) is 4.98 Å². The molecule has 0 amide bonds. The summed E-state index contributed by atoms with van der Waals surface area (Å²) in [5, 5.41) is 1.67. The van der Waals surface area contributed by atoms with Crippen molar-refractivity contribution in [3.05, 3.63) is 34.0 Å². The van der Waals surface area contributed by atoms with Crippen LogP contribution in [0.15, 0.2) is 12.1 Å². The first-order chi connectivity index (χ1) is 8.47. The molecule has 0 spiro atoms. The third kappa shape index (κ3) is 1.93. The maximum absolute atomic E-state index is 6.23. The Labute approximate surface area is 112 Å². The third-order valence-corrected chi connectivity index (χ3v) is 3.55. The molecule has 18 heavy (non-hydrogen) atoms. The maximum Gasteiger partial charge on any atom is 0.0915 e. The molecule has 0 fully saturated rings. The summed E-state index contributed by atoms with van der Waals surface area (Å²) in [7, 11) is 0. The van der Waals surface area contributed by atoms with Crippen LogP contribution in [0.5, 0.6) is 0 Å². The molecule has 0 radical (unpaired) electrons. The number of rotatable bonds is 2. The molecule has 0 aliphatic heterocycles. The third-order valence-electron chi connectivity index (χ3n) is 3.25. The molecule has 0 atom stereocenters. The van der Waals surface area contributed by atoms with Crippen molar-refractivity contribution < 1.29 is 0 Å². The van der Waals surface area contributed by atoms with Gasteiger partial charge in [0.15, 0.2) is 0 Å². The van der Waals surface area contributed by atoms with E-state index in [-0.39, 0.29) is 0 Å². The molecular formula is C14H18ClN3. The van der Waals surface area contributed by atoms with Gasteiger partial charge in [0.25, 0.3) is 0 Å². The minimum atomic E-state index is 0.353. The maximum atomic E-state index is 6.23. The van der Waals surface area contributed by atoms with Gasteiger partial charge in [-0.3, -0.25) is 10.8 Å². The van der Waals surface area contributed by atoms with Crippen molar-refractivity contribution in [1.29, 1.82) is 0 Å². The zero-order valence-electron chi connectivity index (χ0n) is 11.1. The van der Waals surface area contributed by atoms with Gasteiger partial charge >= 0.3 is 0 Å². The van der Waals surface area contributed by atoms with Crippen LogP contribution in [0.2, 0.25) is 5.02 Å². The van der Waals surface area contributed by atoms with E-state index in [2.05, 4.69) is 24.3 Å². The van der Waals surface area contributed by atoms with Crippen LogP contribution in [0, 0.1) is 13.8 Å². The lowest BCUT2D eigenvalue weighted by Crippen LogP contribution is -2.13. The predicted octanol–water partition coefficient (Wildman–Crippen LogP) is 3.91. The van der Waals surface area contributed by atoms with Gasteiger partial charge in [-0.25, -0.2) is 0 Å². The monoisotopic (exact) mass is 263 g/mol. The van der Waals surface area contributed by atoms with Crippen LogP contribution >= 0.6 is 11.6 Å². The number of aryl methyl sites for hydroxylation is 2. The lowest BCUT2D eigenvalue weighted by molar-refractivity contribution is 0.848. The lowest BCUT2D eigenvalue weighted by atomic mass is 9.95. The predicted molar refractivity (Wildman–Crippen MR) is 78.1 cm³/mol. The molecule has 0 saturated heterocycles. The van der Waals surface area contributed by atoms with E-state index in [4.69, 9.17) is 17.4 Å². The fourth-order valence-corrected chi connectivity index (χ4v) is 2.69. The summed E-state index contributed by atoms with van der Waals surface area (Å²) >= 11 is 6.23. The number of benzene rings is 1. The van der Waals surface area contributed by atoms with Gasteiger partial charge in [0, 0.05) is 16.6 Å². The number of aromatic nitrogens is 1. The Bertz CT molecular complexity index is 606. The number of nitrogens with zero attached hydrogens (tertiary/aromatic N) is 1. The van der Waals surface area contributed by atoms with Crippen LogP contribution < -0.4 is 11.3 Å². The molecule has 0 bridgehead atoms. The molecular weight excluding hydrogens is 246 g/mol. The summed E-state index contributed by atoms with van der Waals surface area (Å²) in [6.07, 6.45) is 0. The van der Waals surface area contributed by atoms with E-state index in [0.717, 1.165) is 33.4 Å². The Morgan fingerprint density at radius 3 is 2.50 bits per heavy atom. The van der Waals surface area contributed by atoms with Crippen LogP contribution in [-0.4, -0.2) is 4.98 Å². The summed E-state index contributed by atoms with van der Waals surface area (Å²) in [4.78, 5) is 4.64. The number of pyridine rings is 1. The Morgan fingerprint density at radius 1 is 1.28 bits per heavy atom. The fourth-order valence-electron chi connectivity index (χ4n) is 2.49. The van der Waals surface area contributed by atoms with Crippen molar-refractivity contribution in [2.45, 2.75) is 33.6 Å². The van der Waals surface area contributed by atoms with E-state index in [1.54, 1.807) is 0 Å². The van der Waals surface area contributed by atoms with Gasteiger partial charge in [-0.05, 0) is 31.4 Å². The number of nitrogens with one attached hydrogen (secondary N) is 1. The average Bonchev–Trinajstić information content (AvgIpc) is 2.32. The molecule has 96 valence electrons. The van der Waals surface area contributed by atoms with Gasteiger partial charge in [-0.1, -0.05) is 31.5 Å². The number of fused-ring (bicyclic) bond motifs is 1. The Morgan fingerprint density at radius 2 is 1.94 bits per heavy atom. The quantitative estimate of drug-likeness (QED) is 0.638. The minimum Gasteiger partial charge on any atom is -0.323 e. The molecule has 1 aromatic heterocycles. The largest absolute Gasteiger partial charge is 0.323 e. The van der Waals surface area contributed by atoms with Gasteiger partial charge in [0.1, 0.15) is 0 Å². The zero-order chi connectivity index (χ0) is 13.4. The normalized spacial score (nSPS) is 11.3. The van der Waals surface area contributed by atoms with Gasteiger partial charge in [-0.15, -0.1) is 0 Å². The Balaban J connectivity index is 2.99. The van der Waals surface area contributed by atoms with Gasteiger partial charge in [0.2, 0.25) is 0 Å². The second-order valence-corrected chi connectivity index (χ2v) is 5.28. The molecule has 0 aliphatic rings. The smallest absolute Gasteiger partial charge is 0.0915 e. The highest BCUT2D eigenvalue weighted by Gasteiger charge is 2.17. The summed E-state index contributed by atoms with van der Waals surface area (Å²) < 4.78 is 0. The SMILES string of the molecule is Cc1nc2c(Cl)ccc(C)c2c(NN)c1C(C)C. The van der Waals surface area contributed by atoms with Crippen molar-refractivity contribution in [2.75, 3.05) is 5.43 Å². The second-order valence-electron chi connectivity index (χ2n) is 4.87. The average molecular weight is 264 g/mol. The molecule has 4 heteroatoms. The minimum absolute atomic E-state index is 0.353. The van der Waals surface area contributed by atoms with Crippen LogP contribution in [0.25, 0.3) is 10.9 Å². The first kappa shape index (κ1) is 13.1. The molecule has 0 unspecified atom stereocenters. The summed E-state index contributed by atoms with van der Waals surface area (Å²) in [5.74, 6) is 6.07. The van der Waals surface area contributed by atoms with Crippen molar-refractivity contribution in [3.8, 4) is 0 Å². The molecule has 1 aromatic carbocycles. The van der Waals surface area contributed by atoms with Crippen LogP contribution in [0.3, 0.4) is 0 Å². The van der Waals surface area contributed by atoms with Crippen molar-refractivity contribution in [2.24, 2.45) is 5.84 Å². The van der Waals surface area contributed by atoms with Crippen LogP contribution in [0.1, 0.15) is 36.6 Å². The van der Waals surface area contributed by atoms with Gasteiger partial charge in [0.05, 0.1) is 16.2 Å². The number of anilines is 1. The molecule has 2 aromatic rings. The summed E-state index contributed by atoms with van der Waals surface area (Å²) in [5.41, 5.74) is 7.82. The van der Waals surface area contributed by atoms with Gasteiger partial charge in [-0.2, -0.15) is 0 Å². The number of nitrogen functional groups attached to an aromatic ring is 1. The molecule has 0 aliphatic carbocycles. The van der Waals surface area contributed by atoms with E-state index in [9.17, 15) is 0 Å². The standard InChI is InChI=1S/C14H18ClN3/c1-7(2)11-9(4)17-13-10(15)6-5-8(3)12(13)14(11)18-16/h5-7H,16H2,1-4H3,(H,17,18). The van der Waals surface area contributed by atoms with Crippen molar-refractivity contribution in [3.63, 3.8) is 0 Å². The first-order valence-corrected chi connectivity index (χ1v) is 6.41. The number of hydrogen-bond donors (Lipinski definition) is 2. The topological polar surface area (TPSA) is 50.9 Å². The Hall–Kier alpha value is -1.32. The molecule has 0 saturated carbocycles. The zero-order valence-corrected chi connectivity index (χ0v) is 11.9. The van der Waals surface area contributed by atoms with Crippen LogP contribution in [-0.2, 0) is 0 Å². The molecule has 1 heterocycles. The summed E-state index contributed by atoms with van der Waals surface area (Å²) in [6.45, 7) is 8.31. The van der Waals surface area contributed by atoms with Gasteiger partial charge < -0.3 is 5.43 Å². The molecule has 3 N–H and O–H groups in total. The fraction of sp³-hybridized carbons (Fsp3) is 0.357. The highest BCUT2D eigenvalue weighted by atomic mass is 35.5. The highest BCUT2D eigenvalue weighted by Crippen LogP contribution is 2.37. The summed E-state index contributed by atoms with van der Waals surface area (Å²) in [6, 6.07) is 3.87. The number of hydrazine groups is 1. The lowest BCUT2D eigenvalue weighted by Gasteiger charge is -2.19. The second kappa shape index (κ2) is 4.75. The number of nitrogens with two attached hydrogens (primary N) is 1. The van der Waals surface area contributed by atoms with Crippen molar-refractivity contribution >= 4 is 28.2 Å². The van der Waals surface area contributed by atoms with Crippen LogP contribution in [0.4, 0.5) is 5.69 Å². The van der Waals surface area contributed by atoms with E-state index in [1.165, 1.54) is 0 Å². The Kier molecular flexibility index (Phi) is 3.46. The molecule has 2 rings (SSSR count). The number of hydrogen-bond acceptors (Lipinski definition) is 3. The molecule has 3 nitrogen and oxygen atoms in total.